The number of rotatable bonds is 7. The normalized spacial score (nSPS) is 12.8. The maximum atomic E-state index is 12.5. The lowest BCUT2D eigenvalue weighted by Gasteiger charge is -2.24. The highest BCUT2D eigenvalue weighted by atomic mass is 35.5. The molecule has 1 unspecified atom stereocenters. The van der Waals surface area contributed by atoms with Gasteiger partial charge in [0.05, 0.1) is 27.9 Å². The predicted octanol–water partition coefficient (Wildman–Crippen LogP) is 3.00. The Morgan fingerprint density at radius 1 is 1.08 bits per heavy atom. The van der Waals surface area contributed by atoms with Crippen molar-refractivity contribution in [2.75, 3.05) is 27.9 Å². The van der Waals surface area contributed by atoms with Gasteiger partial charge in [-0.3, -0.25) is 4.79 Å². The van der Waals surface area contributed by atoms with Gasteiger partial charge in [0.1, 0.15) is 5.60 Å². The third-order valence-corrected chi connectivity index (χ3v) is 4.24. The fourth-order valence-electron chi connectivity index (χ4n) is 2.48. The Morgan fingerprint density at radius 3 is 2.08 bits per heavy atom. The second-order valence-corrected chi connectivity index (χ2v) is 6.31. The minimum atomic E-state index is -1.25. The summed E-state index contributed by atoms with van der Waals surface area (Å²) in [5.41, 5.74) is -0.278. The van der Waals surface area contributed by atoms with Crippen LogP contribution >= 0.6 is 11.6 Å². The summed E-state index contributed by atoms with van der Waals surface area (Å²) in [7, 11) is 4.44. The Morgan fingerprint density at radius 2 is 1.62 bits per heavy atom. The van der Waals surface area contributed by atoms with E-state index < -0.39 is 5.60 Å². The van der Waals surface area contributed by atoms with Gasteiger partial charge in [0.2, 0.25) is 5.75 Å². The lowest BCUT2D eigenvalue weighted by Crippen LogP contribution is -2.38. The van der Waals surface area contributed by atoms with Crippen LogP contribution in [0.25, 0.3) is 0 Å². The molecule has 0 bridgehead atoms. The summed E-state index contributed by atoms with van der Waals surface area (Å²) in [6, 6.07) is 9.90. The number of ether oxygens (including phenoxy) is 3. The molecule has 2 aromatic rings. The number of carbonyl (C=O) groups excluding carboxylic acids is 1. The SMILES string of the molecule is COc1cc(C(=O)NCC(C)(O)c2ccc(Cl)cc2)cc(OC)c1OC. The largest absolute Gasteiger partial charge is 0.493 e. The van der Waals surface area contributed by atoms with Crippen LogP contribution in [0.3, 0.4) is 0 Å². The van der Waals surface area contributed by atoms with Gasteiger partial charge in [0.15, 0.2) is 11.5 Å². The first-order valence-corrected chi connectivity index (χ1v) is 8.26. The van der Waals surface area contributed by atoms with Gasteiger partial charge in [-0.2, -0.15) is 0 Å². The van der Waals surface area contributed by atoms with Crippen LogP contribution in [0.4, 0.5) is 0 Å². The van der Waals surface area contributed by atoms with Crippen LogP contribution in [0.2, 0.25) is 5.02 Å². The highest BCUT2D eigenvalue weighted by Crippen LogP contribution is 2.38. The molecule has 0 heterocycles. The average Bonchev–Trinajstić information content (AvgIpc) is 2.65. The lowest BCUT2D eigenvalue weighted by molar-refractivity contribution is 0.0526. The van der Waals surface area contributed by atoms with E-state index in [2.05, 4.69) is 5.32 Å². The van der Waals surface area contributed by atoms with Crippen molar-refractivity contribution in [3.8, 4) is 17.2 Å². The molecule has 140 valence electrons. The molecule has 0 aliphatic rings. The Bertz CT molecular complexity index is 749. The quantitative estimate of drug-likeness (QED) is 0.773. The van der Waals surface area contributed by atoms with E-state index in [1.165, 1.54) is 21.3 Å². The molecule has 0 spiro atoms. The van der Waals surface area contributed by atoms with Gasteiger partial charge < -0.3 is 24.6 Å². The first kappa shape index (κ1) is 19.9. The summed E-state index contributed by atoms with van der Waals surface area (Å²) >= 11 is 5.87. The monoisotopic (exact) mass is 379 g/mol. The topological polar surface area (TPSA) is 77.0 Å². The third-order valence-electron chi connectivity index (χ3n) is 3.99. The van der Waals surface area contributed by atoms with Crippen molar-refractivity contribution in [3.05, 3.63) is 52.5 Å². The number of halogens is 1. The maximum absolute atomic E-state index is 12.5. The summed E-state index contributed by atoms with van der Waals surface area (Å²) in [6.45, 7) is 1.63. The second-order valence-electron chi connectivity index (χ2n) is 5.88. The number of amides is 1. The molecule has 2 aromatic carbocycles. The molecular formula is C19H22ClNO5. The summed E-state index contributed by atoms with van der Waals surface area (Å²) in [6.07, 6.45) is 0. The van der Waals surface area contributed by atoms with Gasteiger partial charge in [0, 0.05) is 10.6 Å². The number of benzene rings is 2. The molecule has 26 heavy (non-hydrogen) atoms. The van der Waals surface area contributed by atoms with Crippen LogP contribution < -0.4 is 19.5 Å². The molecule has 0 saturated carbocycles. The number of hydrogen-bond acceptors (Lipinski definition) is 5. The van der Waals surface area contributed by atoms with E-state index in [0.29, 0.717) is 33.4 Å². The fourth-order valence-corrected chi connectivity index (χ4v) is 2.60. The first-order chi connectivity index (χ1) is 12.3. The first-order valence-electron chi connectivity index (χ1n) is 7.89. The lowest BCUT2D eigenvalue weighted by atomic mass is 9.96. The minimum absolute atomic E-state index is 0.0180. The number of aliphatic hydroxyl groups is 1. The van der Waals surface area contributed by atoms with E-state index in [0.717, 1.165) is 0 Å². The van der Waals surface area contributed by atoms with Crippen LogP contribution in [0.1, 0.15) is 22.8 Å². The molecular weight excluding hydrogens is 358 g/mol. The summed E-state index contributed by atoms with van der Waals surface area (Å²) < 4.78 is 15.7. The highest BCUT2D eigenvalue weighted by Gasteiger charge is 2.25. The molecule has 6 nitrogen and oxygen atoms in total. The molecule has 0 aliphatic heterocycles. The zero-order valence-electron chi connectivity index (χ0n) is 15.1. The van der Waals surface area contributed by atoms with Crippen LogP contribution in [-0.2, 0) is 5.60 Å². The van der Waals surface area contributed by atoms with E-state index in [1.54, 1.807) is 43.3 Å². The smallest absolute Gasteiger partial charge is 0.251 e. The Hall–Kier alpha value is -2.44. The molecule has 0 fully saturated rings. The number of nitrogens with one attached hydrogen (secondary N) is 1. The molecule has 7 heteroatoms. The van der Waals surface area contributed by atoms with E-state index in [-0.39, 0.29) is 12.5 Å². The molecule has 1 atom stereocenters. The standard InChI is InChI=1S/C19H22ClNO5/c1-19(23,13-5-7-14(20)8-6-13)11-21-18(22)12-9-15(24-2)17(26-4)16(10-12)25-3/h5-10,23H,11H2,1-4H3,(H,21,22). The van der Waals surface area contributed by atoms with Crippen molar-refractivity contribution in [1.82, 2.24) is 5.32 Å². The van der Waals surface area contributed by atoms with Gasteiger partial charge in [-0.1, -0.05) is 23.7 Å². The van der Waals surface area contributed by atoms with Crippen molar-refractivity contribution in [3.63, 3.8) is 0 Å². The van der Waals surface area contributed by atoms with E-state index in [1.807, 2.05) is 0 Å². The predicted molar refractivity (Wildman–Crippen MR) is 99.5 cm³/mol. The summed E-state index contributed by atoms with van der Waals surface area (Å²) in [5.74, 6) is 0.779. The average molecular weight is 380 g/mol. The molecule has 2 N–H and O–H groups in total. The molecule has 0 saturated heterocycles. The van der Waals surface area contributed by atoms with Crippen LogP contribution in [0.5, 0.6) is 17.2 Å². The molecule has 0 aromatic heterocycles. The fraction of sp³-hybridized carbons (Fsp3) is 0.316. The van der Waals surface area contributed by atoms with E-state index >= 15 is 0 Å². The van der Waals surface area contributed by atoms with Crippen molar-refractivity contribution >= 4 is 17.5 Å². The Labute approximate surface area is 157 Å². The number of methoxy groups -OCH3 is 3. The van der Waals surface area contributed by atoms with Gasteiger partial charge in [0.25, 0.3) is 5.91 Å². The van der Waals surface area contributed by atoms with Crippen LogP contribution in [0, 0.1) is 0 Å². The van der Waals surface area contributed by atoms with Gasteiger partial charge in [-0.25, -0.2) is 0 Å². The molecule has 0 radical (unpaired) electrons. The van der Waals surface area contributed by atoms with Crippen molar-refractivity contribution in [1.29, 1.82) is 0 Å². The van der Waals surface area contributed by atoms with Gasteiger partial charge >= 0.3 is 0 Å². The third kappa shape index (κ3) is 4.39. The second kappa shape index (κ2) is 8.29. The summed E-state index contributed by atoms with van der Waals surface area (Å²) in [4.78, 5) is 12.5. The molecule has 2 rings (SSSR count). The maximum Gasteiger partial charge on any atom is 0.251 e. The van der Waals surface area contributed by atoms with Gasteiger partial charge in [-0.15, -0.1) is 0 Å². The molecule has 0 aliphatic carbocycles. The summed E-state index contributed by atoms with van der Waals surface area (Å²) in [5, 5.41) is 13.9. The van der Waals surface area contributed by atoms with E-state index in [4.69, 9.17) is 25.8 Å². The highest BCUT2D eigenvalue weighted by molar-refractivity contribution is 6.30. The Balaban J connectivity index is 2.18. The van der Waals surface area contributed by atoms with Crippen molar-refractivity contribution in [2.45, 2.75) is 12.5 Å². The zero-order chi connectivity index (χ0) is 19.3. The van der Waals surface area contributed by atoms with Crippen molar-refractivity contribution in [2.24, 2.45) is 0 Å². The number of carbonyl (C=O) groups is 1. The Kier molecular flexibility index (Phi) is 6.34. The van der Waals surface area contributed by atoms with Gasteiger partial charge in [-0.05, 0) is 36.8 Å². The zero-order valence-corrected chi connectivity index (χ0v) is 15.9. The van der Waals surface area contributed by atoms with Crippen LogP contribution in [0.15, 0.2) is 36.4 Å². The minimum Gasteiger partial charge on any atom is -0.493 e. The van der Waals surface area contributed by atoms with E-state index in [9.17, 15) is 9.90 Å². The number of hydrogen-bond donors (Lipinski definition) is 2. The molecule has 1 amide bonds. The van der Waals surface area contributed by atoms with Crippen LogP contribution in [-0.4, -0.2) is 38.9 Å². The van der Waals surface area contributed by atoms with Crippen molar-refractivity contribution < 1.29 is 24.1 Å².